The number of ether oxygens (including phenoxy) is 1. The molecule has 0 spiro atoms. The van der Waals surface area contributed by atoms with Crippen LogP contribution in [0.1, 0.15) is 48.9 Å². The maximum Gasteiger partial charge on any atom is 0.387 e. The molecule has 2 rings (SSSR count). The molecule has 2 N–H and O–H groups in total. The molecule has 1 atom stereocenters. The predicted molar refractivity (Wildman–Crippen MR) is 82.6 cm³/mol. The maximum absolute atomic E-state index is 12.3. The van der Waals surface area contributed by atoms with Crippen molar-refractivity contribution < 1.29 is 23.4 Å². The van der Waals surface area contributed by atoms with Gasteiger partial charge in [0.25, 0.3) is 5.91 Å². The normalized spacial score (nSPS) is 17.0. The monoisotopic (exact) mass is 327 g/mol. The Kier molecular flexibility index (Phi) is 6.77. The Bertz CT molecular complexity index is 487. The van der Waals surface area contributed by atoms with Gasteiger partial charge >= 0.3 is 6.61 Å². The molecule has 1 aromatic carbocycles. The Hall–Kier alpha value is -1.69. The zero-order valence-electron chi connectivity index (χ0n) is 13.0. The largest absolute Gasteiger partial charge is 0.435 e. The number of alkyl halides is 2. The van der Waals surface area contributed by atoms with Crippen LogP contribution in [0.2, 0.25) is 0 Å². The third-order valence-corrected chi connectivity index (χ3v) is 4.32. The first-order valence-electron chi connectivity index (χ1n) is 8.06. The van der Waals surface area contributed by atoms with Crippen molar-refractivity contribution in [2.24, 2.45) is 5.92 Å². The molecule has 0 radical (unpaired) electrons. The molecule has 1 amide bonds. The van der Waals surface area contributed by atoms with Crippen LogP contribution in [0.5, 0.6) is 5.75 Å². The lowest BCUT2D eigenvalue weighted by Crippen LogP contribution is -2.41. The first-order chi connectivity index (χ1) is 11.1. The van der Waals surface area contributed by atoms with E-state index in [9.17, 15) is 18.7 Å². The summed E-state index contributed by atoms with van der Waals surface area (Å²) in [6, 6.07) is 5.57. The lowest BCUT2D eigenvalue weighted by Gasteiger charge is -2.30. The molecule has 1 aliphatic rings. The fraction of sp³-hybridized carbons (Fsp3) is 0.588. The van der Waals surface area contributed by atoms with Gasteiger partial charge in [-0.15, -0.1) is 0 Å². The van der Waals surface area contributed by atoms with E-state index in [0.29, 0.717) is 17.9 Å². The number of aliphatic hydroxyl groups is 1. The molecule has 0 aliphatic heterocycles. The summed E-state index contributed by atoms with van der Waals surface area (Å²) in [5, 5.41) is 12.2. The van der Waals surface area contributed by atoms with Crippen LogP contribution in [0.25, 0.3) is 0 Å². The highest BCUT2D eigenvalue weighted by Crippen LogP contribution is 2.28. The Morgan fingerprint density at radius 3 is 2.43 bits per heavy atom. The molecule has 1 fully saturated rings. The van der Waals surface area contributed by atoms with Gasteiger partial charge in [0.05, 0.1) is 0 Å². The smallest absolute Gasteiger partial charge is 0.387 e. The first kappa shape index (κ1) is 17.7. The third kappa shape index (κ3) is 5.46. The van der Waals surface area contributed by atoms with Crippen molar-refractivity contribution in [1.29, 1.82) is 0 Å². The van der Waals surface area contributed by atoms with Gasteiger partial charge in [0.1, 0.15) is 5.75 Å². The zero-order valence-corrected chi connectivity index (χ0v) is 13.0. The lowest BCUT2D eigenvalue weighted by molar-refractivity contribution is -0.0498. The molecule has 4 nitrogen and oxygen atoms in total. The zero-order chi connectivity index (χ0) is 16.7. The summed E-state index contributed by atoms with van der Waals surface area (Å²) in [7, 11) is 0. The Morgan fingerprint density at radius 2 is 1.87 bits per heavy atom. The number of halogens is 2. The number of amides is 1. The molecule has 0 heterocycles. The molecule has 0 bridgehead atoms. The highest BCUT2D eigenvalue weighted by atomic mass is 19.3. The molecule has 1 aliphatic carbocycles. The Balaban J connectivity index is 1.97. The number of carbonyl (C=O) groups is 1. The molecular formula is C17H23F2NO3. The summed E-state index contributed by atoms with van der Waals surface area (Å²) in [5.41, 5.74) is 0.394. The van der Waals surface area contributed by atoms with Gasteiger partial charge in [-0.25, -0.2) is 0 Å². The second kappa shape index (κ2) is 8.82. The number of aliphatic hydroxyl groups excluding tert-OH is 1. The van der Waals surface area contributed by atoms with Crippen LogP contribution in [-0.4, -0.2) is 30.3 Å². The standard InChI is InChI=1S/C17H23F2NO3/c18-17(19)23-14-8-6-13(7-9-14)16(22)20-15(10-11-21)12-4-2-1-3-5-12/h6-9,12,15,17,21H,1-5,10-11H2,(H,20,22). The van der Waals surface area contributed by atoms with E-state index >= 15 is 0 Å². The molecule has 1 aromatic rings. The van der Waals surface area contributed by atoms with E-state index in [-0.39, 0.29) is 24.3 Å². The Morgan fingerprint density at radius 1 is 1.22 bits per heavy atom. The van der Waals surface area contributed by atoms with E-state index in [1.807, 2.05) is 0 Å². The van der Waals surface area contributed by atoms with E-state index in [2.05, 4.69) is 10.1 Å². The predicted octanol–water partition coefficient (Wildman–Crippen LogP) is 3.35. The van der Waals surface area contributed by atoms with Crippen LogP contribution in [0, 0.1) is 5.92 Å². The van der Waals surface area contributed by atoms with Gasteiger partial charge in [0.2, 0.25) is 0 Å². The molecule has 1 unspecified atom stereocenters. The molecular weight excluding hydrogens is 304 g/mol. The van der Waals surface area contributed by atoms with E-state index in [1.165, 1.54) is 30.7 Å². The van der Waals surface area contributed by atoms with Crippen molar-refractivity contribution in [1.82, 2.24) is 5.32 Å². The fourth-order valence-electron chi connectivity index (χ4n) is 3.14. The van der Waals surface area contributed by atoms with Gasteiger partial charge in [-0.05, 0) is 49.4 Å². The second-order valence-corrected chi connectivity index (χ2v) is 5.89. The van der Waals surface area contributed by atoms with Gasteiger partial charge < -0.3 is 15.2 Å². The maximum atomic E-state index is 12.3. The quantitative estimate of drug-likeness (QED) is 0.807. The summed E-state index contributed by atoms with van der Waals surface area (Å²) < 4.78 is 28.5. The van der Waals surface area contributed by atoms with Crippen LogP contribution < -0.4 is 10.1 Å². The summed E-state index contributed by atoms with van der Waals surface area (Å²) >= 11 is 0. The van der Waals surface area contributed by atoms with Crippen molar-refractivity contribution in [2.75, 3.05) is 6.61 Å². The number of carbonyl (C=O) groups excluding carboxylic acids is 1. The minimum absolute atomic E-state index is 0.0238. The van der Waals surface area contributed by atoms with Crippen molar-refractivity contribution in [3.63, 3.8) is 0 Å². The number of hydrogen-bond acceptors (Lipinski definition) is 3. The summed E-state index contributed by atoms with van der Waals surface area (Å²) in [4.78, 5) is 12.3. The lowest BCUT2D eigenvalue weighted by atomic mass is 9.82. The first-order valence-corrected chi connectivity index (χ1v) is 8.06. The fourth-order valence-corrected chi connectivity index (χ4v) is 3.14. The minimum Gasteiger partial charge on any atom is -0.435 e. The van der Waals surface area contributed by atoms with Gasteiger partial charge in [-0.1, -0.05) is 19.3 Å². The average molecular weight is 327 g/mol. The van der Waals surface area contributed by atoms with E-state index in [4.69, 9.17) is 0 Å². The molecule has 128 valence electrons. The van der Waals surface area contributed by atoms with Crippen LogP contribution in [0.3, 0.4) is 0 Å². The van der Waals surface area contributed by atoms with Crippen LogP contribution in [-0.2, 0) is 0 Å². The van der Waals surface area contributed by atoms with Gasteiger partial charge in [0, 0.05) is 18.2 Å². The van der Waals surface area contributed by atoms with E-state index < -0.39 is 6.61 Å². The van der Waals surface area contributed by atoms with Crippen molar-refractivity contribution in [2.45, 2.75) is 51.2 Å². The number of benzene rings is 1. The van der Waals surface area contributed by atoms with Crippen molar-refractivity contribution >= 4 is 5.91 Å². The highest BCUT2D eigenvalue weighted by molar-refractivity contribution is 5.94. The molecule has 1 saturated carbocycles. The summed E-state index contributed by atoms with van der Waals surface area (Å²) in [6.07, 6.45) is 6.19. The topological polar surface area (TPSA) is 58.6 Å². The second-order valence-electron chi connectivity index (χ2n) is 5.89. The van der Waals surface area contributed by atoms with Crippen molar-refractivity contribution in [3.05, 3.63) is 29.8 Å². The van der Waals surface area contributed by atoms with E-state index in [1.54, 1.807) is 0 Å². The highest BCUT2D eigenvalue weighted by Gasteiger charge is 2.25. The Labute approximate surface area is 134 Å². The summed E-state index contributed by atoms with van der Waals surface area (Å²) in [6.45, 7) is -2.85. The average Bonchev–Trinajstić information content (AvgIpc) is 2.55. The SMILES string of the molecule is O=C(NC(CCO)C1CCCCC1)c1ccc(OC(F)F)cc1. The number of nitrogens with one attached hydrogen (secondary N) is 1. The number of hydrogen-bond donors (Lipinski definition) is 2. The molecule has 0 aromatic heterocycles. The van der Waals surface area contributed by atoms with Crippen LogP contribution >= 0.6 is 0 Å². The molecule has 0 saturated heterocycles. The van der Waals surface area contributed by atoms with Gasteiger partial charge in [-0.3, -0.25) is 4.79 Å². The van der Waals surface area contributed by atoms with Crippen LogP contribution in [0.15, 0.2) is 24.3 Å². The summed E-state index contributed by atoms with van der Waals surface area (Å²) in [5.74, 6) is 0.162. The van der Waals surface area contributed by atoms with Crippen molar-refractivity contribution in [3.8, 4) is 5.75 Å². The third-order valence-electron chi connectivity index (χ3n) is 4.32. The van der Waals surface area contributed by atoms with E-state index in [0.717, 1.165) is 25.7 Å². The molecule has 23 heavy (non-hydrogen) atoms. The van der Waals surface area contributed by atoms with Crippen LogP contribution in [0.4, 0.5) is 8.78 Å². The minimum atomic E-state index is -2.88. The van der Waals surface area contributed by atoms with Gasteiger partial charge in [-0.2, -0.15) is 8.78 Å². The molecule has 6 heteroatoms. The number of rotatable bonds is 7. The van der Waals surface area contributed by atoms with Gasteiger partial charge in [0.15, 0.2) is 0 Å².